The van der Waals surface area contributed by atoms with Crippen LogP contribution in [-0.4, -0.2) is 42.8 Å². The van der Waals surface area contributed by atoms with Gasteiger partial charge in [-0.05, 0) is 37.4 Å². The first-order valence-electron chi connectivity index (χ1n) is 8.67. The minimum atomic E-state index is 0.530. The van der Waals surface area contributed by atoms with E-state index >= 15 is 0 Å². The van der Waals surface area contributed by atoms with E-state index in [1.807, 2.05) is 23.7 Å². The molecule has 2 aliphatic rings. The van der Waals surface area contributed by atoms with Gasteiger partial charge in [0, 0.05) is 30.7 Å². The maximum Gasteiger partial charge on any atom is 0.298 e. The van der Waals surface area contributed by atoms with E-state index < -0.39 is 0 Å². The van der Waals surface area contributed by atoms with Crippen molar-refractivity contribution >= 4 is 28.5 Å². The van der Waals surface area contributed by atoms with Gasteiger partial charge in [-0.1, -0.05) is 0 Å². The molecule has 6 nitrogen and oxygen atoms in total. The second-order valence-electron chi connectivity index (χ2n) is 6.77. The number of nitrogens with one attached hydrogen (secondary N) is 1. The Balaban J connectivity index is 1.59. The number of rotatable bonds is 3. The van der Waals surface area contributed by atoms with Gasteiger partial charge in [0.15, 0.2) is 11.1 Å². The third-order valence-electron chi connectivity index (χ3n) is 5.21. The highest BCUT2D eigenvalue weighted by molar-refractivity contribution is 7.13. The van der Waals surface area contributed by atoms with Crippen molar-refractivity contribution in [1.29, 1.82) is 0 Å². The molecule has 5 rings (SSSR count). The zero-order valence-corrected chi connectivity index (χ0v) is 14.9. The van der Waals surface area contributed by atoms with Crippen LogP contribution in [0.4, 0.5) is 6.01 Å². The Morgan fingerprint density at radius 2 is 2.36 bits per heavy atom. The number of oxazole rings is 1. The molecule has 4 heterocycles. The van der Waals surface area contributed by atoms with Crippen LogP contribution in [0.5, 0.6) is 5.75 Å². The summed E-state index contributed by atoms with van der Waals surface area (Å²) in [4.78, 5) is 11.5. The molecule has 1 aromatic carbocycles. The van der Waals surface area contributed by atoms with Gasteiger partial charge in [-0.15, -0.1) is 11.3 Å². The van der Waals surface area contributed by atoms with Gasteiger partial charge in [-0.2, -0.15) is 4.98 Å². The van der Waals surface area contributed by atoms with Crippen LogP contribution in [0.25, 0.3) is 21.7 Å². The smallest absolute Gasteiger partial charge is 0.298 e. The van der Waals surface area contributed by atoms with Crippen LogP contribution < -0.4 is 15.0 Å². The summed E-state index contributed by atoms with van der Waals surface area (Å²) in [6.45, 7) is 3.08. The number of benzene rings is 1. The normalized spacial score (nSPS) is 23.2. The lowest BCUT2D eigenvalue weighted by Crippen LogP contribution is -2.38. The van der Waals surface area contributed by atoms with E-state index in [0.717, 1.165) is 53.0 Å². The van der Waals surface area contributed by atoms with Gasteiger partial charge in [0.2, 0.25) is 0 Å². The minimum absolute atomic E-state index is 0.530. The van der Waals surface area contributed by atoms with Crippen LogP contribution >= 0.6 is 11.3 Å². The Hall–Kier alpha value is -2.12. The molecule has 2 fully saturated rings. The van der Waals surface area contributed by atoms with Crippen molar-refractivity contribution < 1.29 is 9.15 Å². The SMILES string of the molecule is COc1ccc(-c2nccs2)c2oc(N3CCC4CNC(C4)C3)nc12. The monoisotopic (exact) mass is 356 g/mol. The number of nitrogens with zero attached hydrogens (tertiary/aromatic N) is 3. The third kappa shape index (κ3) is 2.58. The van der Waals surface area contributed by atoms with Crippen LogP contribution in [0.2, 0.25) is 0 Å². The van der Waals surface area contributed by atoms with Crippen molar-refractivity contribution in [2.75, 3.05) is 31.6 Å². The fraction of sp³-hybridized carbons (Fsp3) is 0.444. The van der Waals surface area contributed by atoms with Crippen molar-refractivity contribution in [1.82, 2.24) is 15.3 Å². The van der Waals surface area contributed by atoms with Crippen molar-refractivity contribution in [2.45, 2.75) is 18.9 Å². The van der Waals surface area contributed by atoms with Crippen molar-refractivity contribution in [2.24, 2.45) is 5.92 Å². The van der Waals surface area contributed by atoms with Gasteiger partial charge in [0.25, 0.3) is 6.01 Å². The highest BCUT2D eigenvalue weighted by atomic mass is 32.1. The van der Waals surface area contributed by atoms with Gasteiger partial charge in [-0.3, -0.25) is 0 Å². The zero-order chi connectivity index (χ0) is 16.8. The quantitative estimate of drug-likeness (QED) is 0.778. The lowest BCUT2D eigenvalue weighted by Gasteiger charge is -2.23. The highest BCUT2D eigenvalue weighted by Crippen LogP contribution is 2.38. The molecule has 7 heteroatoms. The summed E-state index contributed by atoms with van der Waals surface area (Å²) < 4.78 is 11.7. The molecular weight excluding hydrogens is 336 g/mol. The van der Waals surface area contributed by atoms with Gasteiger partial charge in [-0.25, -0.2) is 4.98 Å². The lowest BCUT2D eigenvalue weighted by atomic mass is 10.0. The second kappa shape index (κ2) is 6.00. The van der Waals surface area contributed by atoms with Gasteiger partial charge in [0.1, 0.15) is 10.8 Å². The van der Waals surface area contributed by atoms with Crippen LogP contribution in [-0.2, 0) is 0 Å². The molecule has 25 heavy (non-hydrogen) atoms. The first kappa shape index (κ1) is 15.2. The number of hydrogen-bond donors (Lipinski definition) is 1. The predicted octanol–water partition coefficient (Wildman–Crippen LogP) is 3.15. The van der Waals surface area contributed by atoms with Crippen LogP contribution in [0.1, 0.15) is 12.8 Å². The van der Waals surface area contributed by atoms with Crippen LogP contribution in [0.15, 0.2) is 28.1 Å². The van der Waals surface area contributed by atoms with Gasteiger partial charge < -0.3 is 19.4 Å². The molecule has 2 bridgehead atoms. The number of fused-ring (bicyclic) bond motifs is 3. The Bertz CT molecular complexity index is 892. The summed E-state index contributed by atoms with van der Waals surface area (Å²) in [7, 11) is 1.67. The number of ether oxygens (including phenoxy) is 1. The minimum Gasteiger partial charge on any atom is -0.494 e. The van der Waals surface area contributed by atoms with E-state index in [9.17, 15) is 0 Å². The van der Waals surface area contributed by atoms with E-state index in [0.29, 0.717) is 12.1 Å². The lowest BCUT2D eigenvalue weighted by molar-refractivity contribution is 0.419. The Kier molecular flexibility index (Phi) is 3.64. The van der Waals surface area contributed by atoms with E-state index in [4.69, 9.17) is 14.1 Å². The summed E-state index contributed by atoms with van der Waals surface area (Å²) in [5.74, 6) is 1.51. The summed E-state index contributed by atoms with van der Waals surface area (Å²) in [6, 6.07) is 5.16. The van der Waals surface area contributed by atoms with E-state index in [2.05, 4.69) is 15.2 Å². The van der Waals surface area contributed by atoms with Crippen molar-refractivity contribution in [3.05, 3.63) is 23.7 Å². The molecule has 0 spiro atoms. The van der Waals surface area contributed by atoms with E-state index in [1.54, 1.807) is 18.4 Å². The molecule has 2 atom stereocenters. The first-order chi connectivity index (χ1) is 12.3. The van der Waals surface area contributed by atoms with Crippen LogP contribution in [0, 0.1) is 5.92 Å². The molecule has 0 amide bonds. The number of thiazole rings is 1. The molecule has 2 saturated heterocycles. The molecule has 1 N–H and O–H groups in total. The van der Waals surface area contributed by atoms with Crippen LogP contribution in [0.3, 0.4) is 0 Å². The van der Waals surface area contributed by atoms with Crippen molar-refractivity contribution in [3.63, 3.8) is 0 Å². The fourth-order valence-electron chi connectivity index (χ4n) is 3.93. The van der Waals surface area contributed by atoms with Gasteiger partial charge in [0.05, 0.1) is 12.7 Å². The average Bonchev–Trinajstić information content (AvgIpc) is 3.33. The zero-order valence-electron chi connectivity index (χ0n) is 14.1. The molecule has 2 aromatic heterocycles. The number of hydrogen-bond acceptors (Lipinski definition) is 7. The summed E-state index contributed by atoms with van der Waals surface area (Å²) in [5, 5.41) is 6.51. The second-order valence-corrected chi connectivity index (χ2v) is 7.66. The maximum atomic E-state index is 6.24. The standard InChI is InChI=1S/C18H20N4O2S/c1-23-14-3-2-13(17-19-5-7-25-17)16-15(14)21-18(24-16)22-6-4-11-8-12(10-22)20-9-11/h2-3,5,7,11-12,20H,4,6,8-10H2,1H3. The topological polar surface area (TPSA) is 63.4 Å². The number of aromatic nitrogens is 2. The summed E-state index contributed by atoms with van der Waals surface area (Å²) in [5.41, 5.74) is 2.50. The summed E-state index contributed by atoms with van der Waals surface area (Å²) in [6.07, 6.45) is 4.24. The maximum absolute atomic E-state index is 6.24. The highest BCUT2D eigenvalue weighted by Gasteiger charge is 2.31. The number of methoxy groups -OCH3 is 1. The summed E-state index contributed by atoms with van der Waals surface area (Å²) >= 11 is 1.60. The molecule has 2 unspecified atom stereocenters. The number of anilines is 1. The molecular formula is C18H20N4O2S. The first-order valence-corrected chi connectivity index (χ1v) is 9.55. The molecule has 2 aliphatic heterocycles. The Labute approximate surface area is 149 Å². The Morgan fingerprint density at radius 3 is 3.20 bits per heavy atom. The molecule has 0 aliphatic carbocycles. The molecule has 0 saturated carbocycles. The Morgan fingerprint density at radius 1 is 1.40 bits per heavy atom. The molecule has 0 radical (unpaired) electrons. The third-order valence-corrected chi connectivity index (χ3v) is 6.02. The largest absolute Gasteiger partial charge is 0.494 e. The van der Waals surface area contributed by atoms with Gasteiger partial charge >= 0.3 is 0 Å². The van der Waals surface area contributed by atoms with Crippen molar-refractivity contribution in [3.8, 4) is 16.3 Å². The van der Waals surface area contributed by atoms with E-state index in [-0.39, 0.29) is 0 Å². The predicted molar refractivity (Wildman–Crippen MR) is 98.4 cm³/mol. The van der Waals surface area contributed by atoms with E-state index in [1.165, 1.54) is 12.8 Å². The average molecular weight is 356 g/mol. The fourth-order valence-corrected chi connectivity index (χ4v) is 4.59. The molecule has 3 aromatic rings. The molecule has 130 valence electrons.